The Morgan fingerprint density at radius 2 is 2.05 bits per heavy atom. The standard InChI is InChI=1S/C28H35ClN5O9P/c1-3-39-24-22-23(32-26(30)33-24)31-15-34(22)28(25(35)36)27(2,37)21(16-7-4-5-8-16)20(42-28)14-41-44(38)40-12-11-19(43-44)17-9-6-10-18(29)13-17/h6,9-10,13,15-16,19-21,37H,3-5,7-8,11-12,14H2,1-2H3,(H,35,36)(H2,30,32,33)/t19-,20-,21+,27+,28-,44+/m0/s1. The molecule has 4 N–H and O–H groups in total. The number of benzene rings is 1. The summed E-state index contributed by atoms with van der Waals surface area (Å²) in [5.74, 6) is -2.46. The number of carboxylic acids is 1. The van der Waals surface area contributed by atoms with Crippen molar-refractivity contribution >= 4 is 42.5 Å². The molecule has 238 valence electrons. The average Bonchev–Trinajstić information content (AvgIpc) is 3.69. The van der Waals surface area contributed by atoms with Crippen LogP contribution >= 0.6 is 19.4 Å². The Morgan fingerprint density at radius 1 is 1.27 bits per heavy atom. The number of phosphoric ester groups is 1. The Bertz CT molecular complexity index is 1600. The van der Waals surface area contributed by atoms with Gasteiger partial charge in [-0.25, -0.2) is 14.3 Å². The molecule has 0 bridgehead atoms. The first kappa shape index (κ1) is 31.2. The maximum Gasteiger partial charge on any atom is 0.475 e. The molecule has 3 aliphatic rings. The summed E-state index contributed by atoms with van der Waals surface area (Å²) in [4.78, 5) is 25.9. The van der Waals surface area contributed by atoms with Gasteiger partial charge < -0.3 is 25.4 Å². The highest BCUT2D eigenvalue weighted by Gasteiger charge is 2.70. The van der Waals surface area contributed by atoms with Crippen LogP contribution in [0.15, 0.2) is 30.6 Å². The van der Waals surface area contributed by atoms with Crippen molar-refractivity contribution in [3.8, 4) is 5.88 Å². The molecular weight excluding hydrogens is 617 g/mol. The smallest absolute Gasteiger partial charge is 0.475 e. The largest absolute Gasteiger partial charge is 0.478 e. The van der Waals surface area contributed by atoms with Gasteiger partial charge in [0.2, 0.25) is 11.8 Å². The molecule has 3 fully saturated rings. The number of ether oxygens (including phenoxy) is 2. The molecule has 4 heterocycles. The summed E-state index contributed by atoms with van der Waals surface area (Å²) < 4.78 is 44.1. The van der Waals surface area contributed by atoms with E-state index in [1.165, 1.54) is 17.8 Å². The fourth-order valence-corrected chi connectivity index (χ4v) is 8.54. The highest BCUT2D eigenvalue weighted by molar-refractivity contribution is 7.48. The molecule has 2 aliphatic heterocycles. The third kappa shape index (κ3) is 5.26. The number of hydrogen-bond donors (Lipinski definition) is 3. The summed E-state index contributed by atoms with van der Waals surface area (Å²) in [6, 6.07) is 7.03. The van der Waals surface area contributed by atoms with E-state index in [-0.39, 0.29) is 48.7 Å². The number of carboxylic acid groups (broad SMARTS) is 1. The van der Waals surface area contributed by atoms with Crippen LogP contribution in [0.2, 0.25) is 5.02 Å². The molecule has 14 nitrogen and oxygen atoms in total. The molecule has 0 unspecified atom stereocenters. The number of nitrogens with zero attached hydrogens (tertiary/aromatic N) is 4. The van der Waals surface area contributed by atoms with E-state index >= 15 is 0 Å². The lowest BCUT2D eigenvalue weighted by atomic mass is 9.72. The molecule has 1 saturated carbocycles. The van der Waals surface area contributed by atoms with Crippen molar-refractivity contribution in [3.63, 3.8) is 0 Å². The lowest BCUT2D eigenvalue weighted by Gasteiger charge is -2.39. The van der Waals surface area contributed by atoms with E-state index in [9.17, 15) is 19.6 Å². The molecule has 2 saturated heterocycles. The van der Waals surface area contributed by atoms with Crippen LogP contribution in [0.3, 0.4) is 0 Å². The Morgan fingerprint density at radius 3 is 2.75 bits per heavy atom. The van der Waals surface area contributed by atoms with E-state index < -0.39 is 43.2 Å². The van der Waals surface area contributed by atoms with Gasteiger partial charge in [0.15, 0.2) is 11.2 Å². The minimum Gasteiger partial charge on any atom is -0.478 e. The van der Waals surface area contributed by atoms with Gasteiger partial charge in [0.1, 0.15) is 11.9 Å². The van der Waals surface area contributed by atoms with Gasteiger partial charge in [-0.2, -0.15) is 9.97 Å². The molecule has 1 aromatic carbocycles. The van der Waals surface area contributed by atoms with Crippen molar-refractivity contribution in [1.82, 2.24) is 19.5 Å². The quantitative estimate of drug-likeness (QED) is 0.275. The third-order valence-corrected chi connectivity index (χ3v) is 10.5. The number of nitrogen functional groups attached to an aromatic ring is 1. The molecule has 6 atom stereocenters. The average molecular weight is 652 g/mol. The van der Waals surface area contributed by atoms with E-state index in [0.29, 0.717) is 11.4 Å². The lowest BCUT2D eigenvalue weighted by molar-refractivity contribution is -0.211. The van der Waals surface area contributed by atoms with Gasteiger partial charge in [-0.05, 0) is 50.3 Å². The lowest BCUT2D eigenvalue weighted by Crippen LogP contribution is -2.59. The van der Waals surface area contributed by atoms with Crippen LogP contribution in [0.5, 0.6) is 5.88 Å². The van der Waals surface area contributed by atoms with Crippen molar-refractivity contribution in [2.75, 3.05) is 25.6 Å². The van der Waals surface area contributed by atoms with E-state index in [0.717, 1.165) is 31.2 Å². The molecule has 16 heteroatoms. The number of rotatable bonds is 9. The molecule has 44 heavy (non-hydrogen) atoms. The van der Waals surface area contributed by atoms with Gasteiger partial charge >= 0.3 is 13.8 Å². The van der Waals surface area contributed by atoms with Crippen LogP contribution in [-0.4, -0.2) is 67.2 Å². The SMILES string of the molecule is CCOc1nc(N)nc2ncn([C@@]3(C(=O)O)O[C@@H](CO[P@@]4(=O)OCC[C@@H](c5cccc(Cl)c5)O4)[C@@H](C4CCCC4)[C@@]3(C)O)c12. The molecule has 0 amide bonds. The highest BCUT2D eigenvalue weighted by atomic mass is 35.5. The van der Waals surface area contributed by atoms with Crippen LogP contribution in [0.4, 0.5) is 5.95 Å². The summed E-state index contributed by atoms with van der Waals surface area (Å²) in [6.45, 7) is 3.09. The number of carbonyl (C=O) groups is 1. The second-order valence-electron chi connectivity index (χ2n) is 11.4. The molecule has 1 aliphatic carbocycles. The zero-order valence-corrected chi connectivity index (χ0v) is 25.9. The van der Waals surface area contributed by atoms with Gasteiger partial charge in [0.25, 0.3) is 5.72 Å². The molecule has 0 spiro atoms. The first-order chi connectivity index (χ1) is 21.0. The minimum absolute atomic E-state index is 0.00913. The maximum atomic E-state index is 13.7. The van der Waals surface area contributed by atoms with Gasteiger partial charge in [0.05, 0.1) is 32.0 Å². The van der Waals surface area contributed by atoms with E-state index in [1.54, 1.807) is 25.1 Å². The van der Waals surface area contributed by atoms with Crippen molar-refractivity contribution in [1.29, 1.82) is 0 Å². The Balaban J connectivity index is 1.36. The summed E-state index contributed by atoms with van der Waals surface area (Å²) in [6.07, 6.45) is 3.32. The predicted molar refractivity (Wildman–Crippen MR) is 157 cm³/mol. The van der Waals surface area contributed by atoms with Crippen molar-refractivity contribution in [2.24, 2.45) is 11.8 Å². The second kappa shape index (κ2) is 11.8. The zero-order valence-electron chi connectivity index (χ0n) is 24.3. The van der Waals surface area contributed by atoms with Crippen molar-refractivity contribution < 1.29 is 42.6 Å². The zero-order chi connectivity index (χ0) is 31.3. The Hall–Kier alpha value is -2.84. The number of aliphatic carboxylic acids is 1. The number of fused-ring (bicyclic) bond motifs is 1. The highest BCUT2D eigenvalue weighted by Crippen LogP contribution is 2.59. The van der Waals surface area contributed by atoms with Crippen molar-refractivity contribution in [3.05, 3.63) is 41.2 Å². The predicted octanol–water partition coefficient (Wildman–Crippen LogP) is 4.46. The third-order valence-electron chi connectivity index (χ3n) is 8.77. The normalized spacial score (nSPS) is 32.8. The number of aliphatic hydroxyl groups is 1. The van der Waals surface area contributed by atoms with Crippen LogP contribution < -0.4 is 10.5 Å². The first-order valence-corrected chi connectivity index (χ1v) is 16.4. The summed E-state index contributed by atoms with van der Waals surface area (Å²) >= 11 is 6.15. The number of aromatic nitrogens is 4. The van der Waals surface area contributed by atoms with E-state index in [1.807, 2.05) is 6.07 Å². The number of phosphoric acid groups is 1. The van der Waals surface area contributed by atoms with Gasteiger partial charge in [-0.3, -0.25) is 18.1 Å². The number of anilines is 1. The van der Waals surface area contributed by atoms with Gasteiger partial charge in [-0.1, -0.05) is 36.6 Å². The van der Waals surface area contributed by atoms with Crippen LogP contribution in [0.1, 0.15) is 57.6 Å². The van der Waals surface area contributed by atoms with Crippen molar-refractivity contribution in [2.45, 2.75) is 69.5 Å². The maximum absolute atomic E-state index is 13.7. The van der Waals surface area contributed by atoms with E-state index in [4.69, 9.17) is 40.4 Å². The summed E-state index contributed by atoms with van der Waals surface area (Å²) in [7, 11) is -4.11. The molecule has 2 aromatic heterocycles. The minimum atomic E-state index is -4.11. The Labute approximate surface area is 258 Å². The first-order valence-electron chi connectivity index (χ1n) is 14.6. The van der Waals surface area contributed by atoms with Crippen LogP contribution in [0, 0.1) is 11.8 Å². The van der Waals surface area contributed by atoms with Gasteiger partial charge in [0, 0.05) is 17.4 Å². The number of nitrogens with two attached hydrogens (primary N) is 1. The Kier molecular flexibility index (Phi) is 8.37. The summed E-state index contributed by atoms with van der Waals surface area (Å²) in [5, 5.41) is 23.7. The number of imidazole rings is 1. The molecular formula is C28H35ClN5O9P. The van der Waals surface area contributed by atoms with Crippen LogP contribution in [-0.2, 0) is 33.4 Å². The monoisotopic (exact) mass is 651 g/mol. The molecule has 6 rings (SSSR count). The molecule has 3 aromatic rings. The summed E-state index contributed by atoms with van der Waals surface area (Å²) in [5.41, 5.74) is 2.29. The fourth-order valence-electron chi connectivity index (χ4n) is 6.95. The van der Waals surface area contributed by atoms with E-state index in [2.05, 4.69) is 15.0 Å². The second-order valence-corrected chi connectivity index (χ2v) is 13.5. The fraction of sp³-hybridized carbons (Fsp3) is 0.571. The topological polar surface area (TPSA) is 190 Å². The van der Waals surface area contributed by atoms with Gasteiger partial charge in [-0.15, -0.1) is 0 Å². The van der Waals surface area contributed by atoms with Crippen LogP contribution in [0.25, 0.3) is 11.2 Å². The number of hydrogen-bond acceptors (Lipinski definition) is 12. The number of halogens is 1. The molecule has 0 radical (unpaired) electrons.